The molecule has 6 heteroatoms. The number of hydrogen-bond donors (Lipinski definition) is 3. The van der Waals surface area contributed by atoms with Crippen molar-refractivity contribution in [1.82, 2.24) is 5.32 Å². The first-order valence-electron chi connectivity index (χ1n) is 2.79. The SMILES string of the molecule is CC(O)NC(C)S(N)(=O)=O. The van der Waals surface area contributed by atoms with Crippen LogP contribution in [0.25, 0.3) is 0 Å². The zero-order valence-electron chi connectivity index (χ0n) is 5.90. The zero-order valence-corrected chi connectivity index (χ0v) is 6.72. The quantitative estimate of drug-likeness (QED) is 0.449. The highest BCUT2D eigenvalue weighted by Crippen LogP contribution is 1.89. The number of hydrogen-bond acceptors (Lipinski definition) is 4. The van der Waals surface area contributed by atoms with Crippen LogP contribution in [-0.2, 0) is 10.0 Å². The second-order valence-electron chi connectivity index (χ2n) is 2.07. The summed E-state index contributed by atoms with van der Waals surface area (Å²) in [5.74, 6) is 0. The Labute approximate surface area is 60.3 Å². The van der Waals surface area contributed by atoms with Crippen LogP contribution in [0.5, 0.6) is 0 Å². The van der Waals surface area contributed by atoms with Crippen molar-refractivity contribution in [3.05, 3.63) is 0 Å². The highest BCUT2D eigenvalue weighted by molar-refractivity contribution is 7.89. The number of nitrogens with two attached hydrogens (primary N) is 1. The minimum atomic E-state index is -3.57. The molecular formula is C4H12N2O3S. The average Bonchev–Trinajstić information content (AvgIpc) is 1.60. The minimum absolute atomic E-state index is 0.867. The van der Waals surface area contributed by atoms with Gasteiger partial charge < -0.3 is 5.11 Å². The Morgan fingerprint density at radius 1 is 1.50 bits per heavy atom. The van der Waals surface area contributed by atoms with Crippen molar-refractivity contribution in [2.24, 2.45) is 5.14 Å². The molecule has 0 aliphatic heterocycles. The van der Waals surface area contributed by atoms with Crippen molar-refractivity contribution in [3.63, 3.8) is 0 Å². The van der Waals surface area contributed by atoms with Crippen LogP contribution in [0.1, 0.15) is 13.8 Å². The number of aliphatic hydroxyl groups excluding tert-OH is 1. The molecule has 5 nitrogen and oxygen atoms in total. The molecule has 2 unspecified atom stereocenters. The van der Waals surface area contributed by atoms with E-state index in [0.29, 0.717) is 0 Å². The third kappa shape index (κ3) is 3.78. The van der Waals surface area contributed by atoms with Crippen molar-refractivity contribution in [1.29, 1.82) is 0 Å². The van der Waals surface area contributed by atoms with Crippen molar-refractivity contribution in [3.8, 4) is 0 Å². The average molecular weight is 168 g/mol. The van der Waals surface area contributed by atoms with Gasteiger partial charge in [-0.25, -0.2) is 13.6 Å². The molecule has 0 heterocycles. The molecule has 0 fully saturated rings. The second-order valence-corrected chi connectivity index (χ2v) is 3.96. The van der Waals surface area contributed by atoms with Crippen molar-refractivity contribution >= 4 is 10.0 Å². The second kappa shape index (κ2) is 3.29. The Kier molecular flexibility index (Phi) is 3.23. The maximum absolute atomic E-state index is 10.5. The molecule has 0 aromatic rings. The molecule has 0 aliphatic rings. The highest BCUT2D eigenvalue weighted by Gasteiger charge is 2.15. The number of sulfonamides is 1. The molecule has 0 aromatic heterocycles. The molecule has 0 bridgehead atoms. The van der Waals surface area contributed by atoms with E-state index in [1.807, 2.05) is 0 Å². The Morgan fingerprint density at radius 2 is 1.90 bits per heavy atom. The van der Waals surface area contributed by atoms with Gasteiger partial charge in [-0.05, 0) is 13.8 Å². The lowest BCUT2D eigenvalue weighted by Crippen LogP contribution is -2.42. The van der Waals surface area contributed by atoms with Crippen LogP contribution >= 0.6 is 0 Å². The van der Waals surface area contributed by atoms with E-state index in [4.69, 9.17) is 10.2 Å². The monoisotopic (exact) mass is 168 g/mol. The van der Waals surface area contributed by atoms with E-state index >= 15 is 0 Å². The van der Waals surface area contributed by atoms with Crippen molar-refractivity contribution < 1.29 is 13.5 Å². The van der Waals surface area contributed by atoms with Gasteiger partial charge in [0.1, 0.15) is 11.6 Å². The van der Waals surface area contributed by atoms with E-state index in [9.17, 15) is 8.42 Å². The molecule has 0 aromatic carbocycles. The normalized spacial score (nSPS) is 18.4. The number of primary sulfonamides is 1. The largest absolute Gasteiger partial charge is 0.379 e. The molecular weight excluding hydrogens is 156 g/mol. The Hall–Kier alpha value is -0.170. The predicted octanol–water partition coefficient (Wildman–Crippen LogP) is -1.45. The lowest BCUT2D eigenvalue weighted by atomic mass is 10.6. The summed E-state index contributed by atoms with van der Waals surface area (Å²) in [5, 5.41) is 14.8. The maximum atomic E-state index is 10.5. The van der Waals surface area contributed by atoms with Crippen LogP contribution < -0.4 is 10.5 Å². The lowest BCUT2D eigenvalue weighted by molar-refractivity contribution is 0.154. The molecule has 4 N–H and O–H groups in total. The Balaban J connectivity index is 3.99. The molecule has 0 rings (SSSR count). The van der Waals surface area contributed by atoms with Gasteiger partial charge in [-0.1, -0.05) is 0 Å². The third-order valence-corrected chi connectivity index (χ3v) is 2.09. The summed E-state index contributed by atoms with van der Waals surface area (Å²) in [6.45, 7) is 2.78. The van der Waals surface area contributed by atoms with Crippen LogP contribution in [0.3, 0.4) is 0 Å². The first kappa shape index (κ1) is 9.83. The van der Waals surface area contributed by atoms with E-state index in [1.165, 1.54) is 13.8 Å². The summed E-state index contributed by atoms with van der Waals surface area (Å²) in [5.41, 5.74) is 0. The van der Waals surface area contributed by atoms with Crippen LogP contribution in [0.2, 0.25) is 0 Å². The van der Waals surface area contributed by atoms with Gasteiger partial charge in [0.15, 0.2) is 0 Å². The Morgan fingerprint density at radius 3 is 2.00 bits per heavy atom. The van der Waals surface area contributed by atoms with Gasteiger partial charge >= 0.3 is 0 Å². The van der Waals surface area contributed by atoms with Crippen molar-refractivity contribution in [2.75, 3.05) is 0 Å². The molecule has 0 saturated carbocycles. The van der Waals surface area contributed by atoms with Crippen LogP contribution in [0.4, 0.5) is 0 Å². The van der Waals surface area contributed by atoms with Gasteiger partial charge in [-0.15, -0.1) is 0 Å². The lowest BCUT2D eigenvalue weighted by Gasteiger charge is -2.12. The topological polar surface area (TPSA) is 92.4 Å². The fraction of sp³-hybridized carbons (Fsp3) is 1.00. The molecule has 0 spiro atoms. The summed E-state index contributed by atoms with van der Waals surface area (Å²) in [7, 11) is -3.57. The summed E-state index contributed by atoms with van der Waals surface area (Å²) < 4.78 is 20.9. The van der Waals surface area contributed by atoms with Crippen LogP contribution in [0.15, 0.2) is 0 Å². The maximum Gasteiger partial charge on any atom is 0.224 e. The highest BCUT2D eigenvalue weighted by atomic mass is 32.2. The van der Waals surface area contributed by atoms with Gasteiger partial charge in [-0.3, -0.25) is 5.32 Å². The smallest absolute Gasteiger partial charge is 0.224 e. The van der Waals surface area contributed by atoms with Gasteiger partial charge in [0.05, 0.1) is 0 Å². The summed E-state index contributed by atoms with van der Waals surface area (Å²) in [4.78, 5) is 0. The fourth-order valence-corrected chi connectivity index (χ4v) is 0.821. The molecule has 10 heavy (non-hydrogen) atoms. The van der Waals surface area contributed by atoms with E-state index in [1.54, 1.807) is 0 Å². The van der Waals surface area contributed by atoms with Crippen molar-refractivity contribution in [2.45, 2.75) is 25.4 Å². The van der Waals surface area contributed by atoms with Crippen LogP contribution in [-0.4, -0.2) is 25.1 Å². The molecule has 0 saturated heterocycles. The number of aliphatic hydroxyl groups is 1. The molecule has 0 radical (unpaired) electrons. The number of rotatable bonds is 3. The van der Waals surface area contributed by atoms with E-state index in [0.717, 1.165) is 0 Å². The van der Waals surface area contributed by atoms with Gasteiger partial charge in [-0.2, -0.15) is 0 Å². The van der Waals surface area contributed by atoms with Gasteiger partial charge in [0, 0.05) is 0 Å². The predicted molar refractivity (Wildman–Crippen MR) is 37.4 cm³/mol. The first-order chi connectivity index (χ1) is 4.34. The molecule has 2 atom stereocenters. The van der Waals surface area contributed by atoms with E-state index < -0.39 is 21.6 Å². The third-order valence-electron chi connectivity index (χ3n) is 0.969. The summed E-state index contributed by atoms with van der Waals surface area (Å²) in [6.07, 6.45) is -0.867. The fourth-order valence-electron chi connectivity index (χ4n) is 0.435. The molecule has 0 aliphatic carbocycles. The van der Waals surface area contributed by atoms with Gasteiger partial charge in [0.2, 0.25) is 10.0 Å². The molecule has 0 amide bonds. The Bertz CT molecular complexity index is 187. The summed E-state index contributed by atoms with van der Waals surface area (Å²) >= 11 is 0. The van der Waals surface area contributed by atoms with Crippen LogP contribution in [0, 0.1) is 0 Å². The van der Waals surface area contributed by atoms with E-state index in [2.05, 4.69) is 5.32 Å². The molecule has 62 valence electrons. The minimum Gasteiger partial charge on any atom is -0.379 e. The number of nitrogens with one attached hydrogen (secondary N) is 1. The zero-order chi connectivity index (χ0) is 8.36. The first-order valence-corrected chi connectivity index (χ1v) is 4.40. The van der Waals surface area contributed by atoms with Gasteiger partial charge in [0.25, 0.3) is 0 Å². The standard InChI is InChI=1S/C4H12N2O3S/c1-3(7)6-4(2)10(5,8)9/h3-4,6-7H,1-2H3,(H2,5,8,9). The summed E-state index contributed by atoms with van der Waals surface area (Å²) in [6, 6.07) is 0. The van der Waals surface area contributed by atoms with E-state index in [-0.39, 0.29) is 0 Å².